The van der Waals surface area contributed by atoms with E-state index in [-0.39, 0.29) is 6.04 Å². The Morgan fingerprint density at radius 2 is 1.67 bits per heavy atom. The number of nitrogens with zero attached hydrogens (tertiary/aromatic N) is 2. The molecule has 3 aromatic carbocycles. The van der Waals surface area contributed by atoms with E-state index in [1.54, 1.807) is 27.4 Å². The van der Waals surface area contributed by atoms with Crippen molar-refractivity contribution in [3.05, 3.63) is 81.3 Å². The summed E-state index contributed by atoms with van der Waals surface area (Å²) in [6, 6.07) is 17.2. The van der Waals surface area contributed by atoms with E-state index in [2.05, 4.69) is 6.07 Å². The van der Waals surface area contributed by atoms with Crippen LogP contribution in [0.25, 0.3) is 0 Å². The molecule has 5 rings (SSSR count). The van der Waals surface area contributed by atoms with Gasteiger partial charge in [0.05, 0.1) is 38.1 Å². The fraction of sp³-hybridized carbons (Fsp3) is 0.240. The van der Waals surface area contributed by atoms with Gasteiger partial charge >= 0.3 is 0 Å². The van der Waals surface area contributed by atoms with Crippen LogP contribution in [0.1, 0.15) is 35.4 Å². The molecule has 0 fully saturated rings. The molecule has 0 radical (unpaired) electrons. The Balaban J connectivity index is 1.63. The van der Waals surface area contributed by atoms with Gasteiger partial charge in [-0.15, -0.1) is 0 Å². The van der Waals surface area contributed by atoms with Crippen LogP contribution in [-0.2, 0) is 0 Å². The van der Waals surface area contributed by atoms with Crippen molar-refractivity contribution in [3.8, 4) is 23.0 Å². The summed E-state index contributed by atoms with van der Waals surface area (Å²) in [6.07, 6.45) is 0.185. The number of fused-ring (bicyclic) bond motifs is 3. The van der Waals surface area contributed by atoms with Gasteiger partial charge in [-0.3, -0.25) is 0 Å². The summed E-state index contributed by atoms with van der Waals surface area (Å²) in [5.74, 6) is 2.44. The van der Waals surface area contributed by atoms with E-state index in [9.17, 15) is 0 Å². The Morgan fingerprint density at radius 3 is 2.33 bits per heavy atom. The van der Waals surface area contributed by atoms with Crippen LogP contribution in [0, 0.1) is 0 Å². The van der Waals surface area contributed by atoms with Gasteiger partial charge in [0, 0.05) is 28.1 Å². The third-order valence-corrected chi connectivity index (χ3v) is 6.46. The summed E-state index contributed by atoms with van der Waals surface area (Å²) in [4.78, 5) is 0. The highest BCUT2D eigenvalue weighted by atomic mass is 35.5. The van der Waals surface area contributed by atoms with Crippen molar-refractivity contribution in [1.82, 2.24) is 5.01 Å². The molecule has 2 aliphatic heterocycles. The molecule has 2 aliphatic rings. The largest absolute Gasteiger partial charge is 0.493 e. The summed E-state index contributed by atoms with van der Waals surface area (Å²) in [5, 5.41) is 8.10. The third kappa shape index (κ3) is 3.73. The van der Waals surface area contributed by atoms with Crippen molar-refractivity contribution in [3.63, 3.8) is 0 Å². The van der Waals surface area contributed by atoms with Gasteiger partial charge in [0.25, 0.3) is 0 Å². The molecule has 0 N–H and O–H groups in total. The molecular weight excluding hydrogens is 463 g/mol. The monoisotopic (exact) mass is 484 g/mol. The quantitative estimate of drug-likeness (QED) is 0.427. The van der Waals surface area contributed by atoms with Gasteiger partial charge < -0.3 is 18.9 Å². The Labute approximate surface area is 202 Å². The van der Waals surface area contributed by atoms with Gasteiger partial charge in [-0.2, -0.15) is 5.10 Å². The van der Waals surface area contributed by atoms with Crippen LogP contribution >= 0.6 is 23.2 Å². The molecule has 6 nitrogen and oxygen atoms in total. The molecule has 33 heavy (non-hydrogen) atoms. The Hall–Kier alpha value is -3.09. The van der Waals surface area contributed by atoms with E-state index >= 15 is 0 Å². The van der Waals surface area contributed by atoms with Crippen molar-refractivity contribution in [2.45, 2.75) is 18.7 Å². The Morgan fingerprint density at radius 1 is 0.939 bits per heavy atom. The van der Waals surface area contributed by atoms with Gasteiger partial charge in [-0.05, 0) is 30.3 Å². The summed E-state index contributed by atoms with van der Waals surface area (Å²) < 4.78 is 23.1. The Kier molecular flexibility index (Phi) is 5.72. The van der Waals surface area contributed by atoms with Crippen molar-refractivity contribution in [1.29, 1.82) is 0 Å². The van der Waals surface area contributed by atoms with Crippen LogP contribution in [0.3, 0.4) is 0 Å². The predicted molar refractivity (Wildman–Crippen MR) is 128 cm³/mol. The minimum Gasteiger partial charge on any atom is -0.493 e. The first-order valence-corrected chi connectivity index (χ1v) is 11.2. The average Bonchev–Trinajstić information content (AvgIpc) is 3.27. The fourth-order valence-electron chi connectivity index (χ4n) is 4.38. The lowest BCUT2D eigenvalue weighted by Gasteiger charge is -2.38. The minimum atomic E-state index is -0.498. The highest BCUT2D eigenvalue weighted by Crippen LogP contribution is 2.50. The van der Waals surface area contributed by atoms with Crippen LogP contribution in [0.15, 0.2) is 59.7 Å². The lowest BCUT2D eigenvalue weighted by molar-refractivity contribution is -0.0192. The number of rotatable bonds is 5. The lowest BCUT2D eigenvalue weighted by atomic mass is 9.96. The topological polar surface area (TPSA) is 52.5 Å². The number of benzene rings is 3. The molecule has 0 spiro atoms. The van der Waals surface area contributed by atoms with Gasteiger partial charge in [0.1, 0.15) is 5.75 Å². The fourth-order valence-corrected chi connectivity index (χ4v) is 4.90. The van der Waals surface area contributed by atoms with Crippen molar-refractivity contribution in [2.75, 3.05) is 21.3 Å². The summed E-state index contributed by atoms with van der Waals surface area (Å²) in [5.41, 5.74) is 3.64. The van der Waals surface area contributed by atoms with E-state index < -0.39 is 6.23 Å². The number of methoxy groups -OCH3 is 3. The van der Waals surface area contributed by atoms with E-state index in [4.69, 9.17) is 47.3 Å². The normalized spacial score (nSPS) is 18.7. The maximum absolute atomic E-state index is 6.51. The first kappa shape index (κ1) is 21.7. The smallest absolute Gasteiger partial charge is 0.214 e. The molecule has 2 heterocycles. The molecule has 0 unspecified atom stereocenters. The number of ether oxygens (including phenoxy) is 4. The van der Waals surface area contributed by atoms with Crippen LogP contribution in [-0.4, -0.2) is 32.0 Å². The van der Waals surface area contributed by atoms with Gasteiger partial charge in [0.15, 0.2) is 11.5 Å². The average molecular weight is 485 g/mol. The number of halogens is 2. The van der Waals surface area contributed by atoms with E-state index in [1.807, 2.05) is 47.5 Å². The van der Waals surface area contributed by atoms with Gasteiger partial charge in [-0.25, -0.2) is 5.01 Å². The minimum absolute atomic E-state index is 0.0132. The maximum atomic E-state index is 6.51. The first-order valence-electron chi connectivity index (χ1n) is 10.4. The molecule has 2 atom stereocenters. The highest BCUT2D eigenvalue weighted by molar-refractivity contribution is 6.37. The molecule has 0 aromatic heterocycles. The molecule has 0 saturated heterocycles. The molecule has 0 amide bonds. The van der Waals surface area contributed by atoms with Crippen molar-refractivity contribution < 1.29 is 18.9 Å². The first-order chi connectivity index (χ1) is 16.0. The number of hydrogen-bond acceptors (Lipinski definition) is 6. The lowest BCUT2D eigenvalue weighted by Crippen LogP contribution is -2.33. The summed E-state index contributed by atoms with van der Waals surface area (Å²) in [6.45, 7) is 0. The second-order valence-electron chi connectivity index (χ2n) is 7.74. The van der Waals surface area contributed by atoms with Crippen molar-refractivity contribution >= 4 is 28.9 Å². The Bertz CT molecular complexity index is 1220. The number of hydrazone groups is 1. The van der Waals surface area contributed by atoms with Gasteiger partial charge in [0.2, 0.25) is 12.0 Å². The number of para-hydroxylation sites is 1. The molecule has 8 heteroatoms. The molecular formula is C25H22Cl2N2O4. The van der Waals surface area contributed by atoms with E-state index in [1.165, 1.54) is 0 Å². The van der Waals surface area contributed by atoms with Crippen LogP contribution in [0.4, 0.5) is 0 Å². The standard InChI is InChI=1S/C25H22Cl2N2O4/c1-30-22-10-14(11-23(31-2)24(22)32-3)25-29-20(17-6-4-5-7-21(17)33-25)13-19(28-29)16-9-8-15(26)12-18(16)27/h4-12,20,25H,13H2,1-3H3/t20-,25-/m0/s1. The zero-order chi connectivity index (χ0) is 23.1. The predicted octanol–water partition coefficient (Wildman–Crippen LogP) is 6.26. The van der Waals surface area contributed by atoms with Crippen LogP contribution in [0.5, 0.6) is 23.0 Å². The molecule has 0 aliphatic carbocycles. The molecule has 3 aromatic rings. The third-order valence-electron chi connectivity index (χ3n) is 5.91. The summed E-state index contributed by atoms with van der Waals surface area (Å²) in [7, 11) is 4.77. The summed E-state index contributed by atoms with van der Waals surface area (Å²) >= 11 is 12.6. The van der Waals surface area contributed by atoms with E-state index in [0.29, 0.717) is 33.7 Å². The van der Waals surface area contributed by atoms with Crippen LogP contribution in [0.2, 0.25) is 10.0 Å². The van der Waals surface area contributed by atoms with Crippen LogP contribution < -0.4 is 18.9 Å². The molecule has 0 bridgehead atoms. The zero-order valence-electron chi connectivity index (χ0n) is 18.3. The van der Waals surface area contributed by atoms with Gasteiger partial charge in [-0.1, -0.05) is 47.5 Å². The second-order valence-corrected chi connectivity index (χ2v) is 8.58. The highest BCUT2D eigenvalue weighted by Gasteiger charge is 2.41. The van der Waals surface area contributed by atoms with Crippen molar-refractivity contribution in [2.24, 2.45) is 5.10 Å². The zero-order valence-corrected chi connectivity index (χ0v) is 19.9. The maximum Gasteiger partial charge on any atom is 0.214 e. The molecule has 0 saturated carbocycles. The number of hydrogen-bond donors (Lipinski definition) is 0. The molecule has 170 valence electrons. The second kappa shape index (κ2) is 8.69. The van der Waals surface area contributed by atoms with E-state index in [0.717, 1.165) is 28.2 Å². The SMILES string of the molecule is COc1cc([C@@H]2Oc3ccccc3[C@@H]3CC(c4ccc(Cl)cc4Cl)=NN32)cc(OC)c1OC.